The van der Waals surface area contributed by atoms with Crippen LogP contribution >= 0.6 is 0 Å². The van der Waals surface area contributed by atoms with Gasteiger partial charge in [0.15, 0.2) is 0 Å². The standard InChI is InChI=1S/CHN2OS/c4-5-1-2-3-1/h4H/q+1. The number of rotatable bonds is 0. The zero-order valence-electron chi connectivity index (χ0n) is 2.25. The second-order valence-corrected chi connectivity index (χ2v) is 1.12. The van der Waals surface area contributed by atoms with E-state index in [1.54, 1.807) is 0 Å². The molecule has 0 aliphatic carbocycles. The van der Waals surface area contributed by atoms with Crippen molar-refractivity contribution in [3.8, 4) is 0 Å². The lowest BCUT2D eigenvalue weighted by molar-refractivity contribution is 0.669. The molecule has 0 aliphatic rings. The molecule has 5 heavy (non-hydrogen) atoms. The smallest absolute Gasteiger partial charge is 0.115 e. The van der Waals surface area contributed by atoms with E-state index in [4.69, 9.17) is 4.55 Å². The lowest BCUT2D eigenvalue weighted by Crippen LogP contribution is -1.45. The van der Waals surface area contributed by atoms with Crippen LogP contribution in [0.4, 0.5) is 0 Å². The number of aromatic nitrogens is 2. The van der Waals surface area contributed by atoms with Gasteiger partial charge in [-0.05, 0) is 0 Å². The van der Waals surface area contributed by atoms with E-state index in [-0.39, 0.29) is 0 Å². The topological polar surface area (TPSA) is 46.0 Å². The molecular weight excluding hydrogens is 88.1 g/mol. The Labute approximate surface area is 32.1 Å². The van der Waals surface area contributed by atoms with E-state index in [1.807, 2.05) is 0 Å². The fourth-order valence-electron chi connectivity index (χ4n) is 0.0569. The van der Waals surface area contributed by atoms with E-state index in [0.29, 0.717) is 16.4 Å². The first-order valence-electron chi connectivity index (χ1n) is 1.03. The SMILES string of the molecule is O[S+]=c1nn1. The predicted molar refractivity (Wildman–Crippen MR) is 17.6 cm³/mol. The minimum atomic E-state index is 0.477. The lowest BCUT2D eigenvalue weighted by atomic mass is 11.6. The van der Waals surface area contributed by atoms with Gasteiger partial charge in [0.05, 0.1) is 0 Å². The van der Waals surface area contributed by atoms with E-state index in [1.165, 1.54) is 0 Å². The van der Waals surface area contributed by atoms with E-state index < -0.39 is 0 Å². The van der Waals surface area contributed by atoms with Gasteiger partial charge in [0, 0.05) is 0 Å². The fourth-order valence-corrected chi connectivity index (χ4v) is 0.171. The summed E-state index contributed by atoms with van der Waals surface area (Å²) in [5.74, 6) is 0. The summed E-state index contributed by atoms with van der Waals surface area (Å²) in [4.78, 5) is 0. The highest BCUT2D eigenvalue weighted by Crippen LogP contribution is 1.66. The van der Waals surface area contributed by atoms with Gasteiger partial charge < -0.3 is 0 Å². The predicted octanol–water partition coefficient (Wildman–Crippen LogP) is -0.560. The average Bonchev–Trinajstić information content (AvgIpc) is 2.12. The van der Waals surface area contributed by atoms with Crippen molar-refractivity contribution in [3.63, 3.8) is 0 Å². The van der Waals surface area contributed by atoms with Crippen LogP contribution in [0.25, 0.3) is 0 Å². The highest BCUT2D eigenvalue weighted by molar-refractivity contribution is 7.63. The summed E-state index contributed by atoms with van der Waals surface area (Å²) in [5.41, 5.74) is 0. The summed E-state index contributed by atoms with van der Waals surface area (Å²) >= 11 is 0.574. The second-order valence-electron chi connectivity index (χ2n) is 0.574. The largest absolute Gasteiger partial charge is 0.499 e. The normalized spacial score (nSPS) is 9.00. The Morgan fingerprint density at radius 3 is 2.20 bits per heavy atom. The van der Waals surface area contributed by atoms with Crippen LogP contribution in [-0.4, -0.2) is 14.8 Å². The fraction of sp³-hybridized carbons (Fsp3) is 0. The van der Waals surface area contributed by atoms with Crippen LogP contribution in [0, 0.1) is 4.77 Å². The van der Waals surface area contributed by atoms with Gasteiger partial charge >= 0.3 is 16.4 Å². The molecule has 0 aromatic carbocycles. The molecule has 1 heterocycles. The van der Waals surface area contributed by atoms with Crippen molar-refractivity contribution in [2.75, 3.05) is 0 Å². The molecule has 1 rings (SSSR count). The first-order chi connectivity index (χ1) is 2.43. The molecule has 0 atom stereocenters. The van der Waals surface area contributed by atoms with Gasteiger partial charge in [0.2, 0.25) is 0 Å². The van der Waals surface area contributed by atoms with E-state index >= 15 is 0 Å². The number of hydrogen-bond acceptors (Lipinski definition) is 3. The Morgan fingerprint density at radius 1 is 1.60 bits per heavy atom. The number of hydrogen-bond donors (Lipinski definition) is 1. The minimum Gasteiger partial charge on any atom is -0.115 e. The van der Waals surface area contributed by atoms with Gasteiger partial charge in [-0.25, -0.2) is 0 Å². The molecule has 26 valence electrons. The van der Waals surface area contributed by atoms with Crippen LogP contribution in [0.3, 0.4) is 0 Å². The summed E-state index contributed by atoms with van der Waals surface area (Å²) < 4.78 is 8.38. The maximum atomic E-state index is 7.90. The molecule has 1 aromatic rings. The first-order valence-corrected chi connectivity index (χ1v) is 1.81. The Kier molecular flexibility index (Phi) is 0.460. The van der Waals surface area contributed by atoms with Crippen molar-refractivity contribution in [1.29, 1.82) is 0 Å². The zero-order chi connectivity index (χ0) is 3.70. The van der Waals surface area contributed by atoms with Gasteiger partial charge in [-0.2, -0.15) is 0 Å². The summed E-state index contributed by atoms with van der Waals surface area (Å²) in [6, 6.07) is 0. The summed E-state index contributed by atoms with van der Waals surface area (Å²) in [5, 5.41) is 6.55. The van der Waals surface area contributed by atoms with Crippen LogP contribution < -0.4 is 0 Å². The van der Waals surface area contributed by atoms with Crippen LogP contribution in [0.15, 0.2) is 0 Å². The Bertz CT molecular complexity index is 118. The van der Waals surface area contributed by atoms with Crippen molar-refractivity contribution >= 4 is 11.6 Å². The third-order valence-corrected chi connectivity index (χ3v) is 0.590. The quantitative estimate of drug-likeness (QED) is 0.263. The zero-order valence-corrected chi connectivity index (χ0v) is 3.07. The Morgan fingerprint density at radius 2 is 2.20 bits per heavy atom. The average molecular weight is 89.1 g/mol. The Hall–Kier alpha value is -0.350. The molecule has 4 heteroatoms. The van der Waals surface area contributed by atoms with Crippen LogP contribution in [0.2, 0.25) is 0 Å². The highest BCUT2D eigenvalue weighted by atomic mass is 32.2. The molecule has 0 saturated carbocycles. The van der Waals surface area contributed by atoms with Gasteiger partial charge in [-0.1, -0.05) is 10.2 Å². The second kappa shape index (κ2) is 0.803. The van der Waals surface area contributed by atoms with E-state index in [0.717, 1.165) is 0 Å². The van der Waals surface area contributed by atoms with Gasteiger partial charge in [-0.3, -0.25) is 0 Å². The van der Waals surface area contributed by atoms with Crippen molar-refractivity contribution in [2.45, 2.75) is 0 Å². The third kappa shape index (κ3) is 0.460. The minimum absolute atomic E-state index is 0.477. The molecule has 0 fully saturated rings. The molecule has 0 bridgehead atoms. The first kappa shape index (κ1) is 2.87. The molecule has 3 nitrogen and oxygen atoms in total. The molecule has 0 aliphatic heterocycles. The summed E-state index contributed by atoms with van der Waals surface area (Å²) in [6.45, 7) is 0. The summed E-state index contributed by atoms with van der Waals surface area (Å²) in [6.07, 6.45) is 0. The number of nitrogens with zero attached hydrogens (tertiary/aromatic N) is 2. The van der Waals surface area contributed by atoms with Crippen LogP contribution in [0.1, 0.15) is 0 Å². The van der Waals surface area contributed by atoms with Gasteiger partial charge in [0.25, 0.3) is 0 Å². The highest BCUT2D eigenvalue weighted by Gasteiger charge is 2.01. The molecular formula is CHN2OS+. The Balaban J connectivity index is 2.99. The molecule has 0 amide bonds. The maximum absolute atomic E-state index is 7.90. The third-order valence-electron chi connectivity index (χ3n) is 0.263. The van der Waals surface area contributed by atoms with Crippen molar-refractivity contribution in [2.24, 2.45) is 0 Å². The van der Waals surface area contributed by atoms with Crippen molar-refractivity contribution in [1.82, 2.24) is 10.2 Å². The lowest BCUT2D eigenvalue weighted by Gasteiger charge is -1.11. The molecule has 0 unspecified atom stereocenters. The van der Waals surface area contributed by atoms with Gasteiger partial charge in [0.1, 0.15) is 0 Å². The van der Waals surface area contributed by atoms with Gasteiger partial charge in [-0.15, -0.1) is 4.55 Å². The van der Waals surface area contributed by atoms with Crippen LogP contribution in [-0.2, 0) is 11.6 Å². The van der Waals surface area contributed by atoms with Crippen LogP contribution in [0.5, 0.6) is 0 Å². The molecule has 0 saturated heterocycles. The molecule has 1 N–H and O–H groups in total. The van der Waals surface area contributed by atoms with E-state index in [2.05, 4.69) is 10.2 Å². The monoisotopic (exact) mass is 89.0 g/mol. The summed E-state index contributed by atoms with van der Waals surface area (Å²) in [7, 11) is 0. The molecule has 0 spiro atoms. The maximum Gasteiger partial charge on any atom is 0.499 e. The van der Waals surface area contributed by atoms with E-state index in [9.17, 15) is 0 Å². The molecule has 0 radical (unpaired) electrons. The van der Waals surface area contributed by atoms with Crippen molar-refractivity contribution < 1.29 is 4.55 Å². The van der Waals surface area contributed by atoms with Crippen molar-refractivity contribution in [3.05, 3.63) is 4.77 Å². The molecule has 1 aromatic heterocycles.